The highest BCUT2D eigenvalue weighted by atomic mass is 15.0. The van der Waals surface area contributed by atoms with Crippen LogP contribution in [0.1, 0.15) is 31.4 Å². The number of aromatic nitrogens is 2. The van der Waals surface area contributed by atoms with E-state index in [4.69, 9.17) is 5.73 Å². The SMILES string of the molecule is Cn1cncc1CNC1CCC(N)CC1. The quantitative estimate of drug-likeness (QED) is 0.772. The molecule has 0 aliphatic heterocycles. The first-order valence-corrected chi connectivity index (χ1v) is 5.70. The van der Waals surface area contributed by atoms with Crippen LogP contribution in [0.25, 0.3) is 0 Å². The first kappa shape index (κ1) is 10.6. The average molecular weight is 208 g/mol. The molecule has 0 atom stereocenters. The predicted octanol–water partition coefficient (Wildman–Crippen LogP) is 0.780. The van der Waals surface area contributed by atoms with Crippen molar-refractivity contribution < 1.29 is 0 Å². The van der Waals surface area contributed by atoms with E-state index in [9.17, 15) is 0 Å². The molecule has 1 saturated carbocycles. The summed E-state index contributed by atoms with van der Waals surface area (Å²) in [6, 6.07) is 1.07. The van der Waals surface area contributed by atoms with E-state index in [-0.39, 0.29) is 0 Å². The molecule has 1 aliphatic carbocycles. The predicted molar refractivity (Wildman–Crippen MR) is 60.3 cm³/mol. The van der Waals surface area contributed by atoms with Gasteiger partial charge in [-0.05, 0) is 25.7 Å². The van der Waals surface area contributed by atoms with E-state index in [1.807, 2.05) is 19.6 Å². The number of aryl methyl sites for hydroxylation is 1. The van der Waals surface area contributed by atoms with Crippen molar-refractivity contribution in [2.75, 3.05) is 0 Å². The summed E-state index contributed by atoms with van der Waals surface area (Å²) in [6.45, 7) is 0.913. The molecule has 15 heavy (non-hydrogen) atoms. The van der Waals surface area contributed by atoms with Crippen LogP contribution in [0.15, 0.2) is 12.5 Å². The van der Waals surface area contributed by atoms with E-state index in [0.717, 1.165) is 19.4 Å². The van der Waals surface area contributed by atoms with Gasteiger partial charge in [-0.1, -0.05) is 0 Å². The molecule has 0 bridgehead atoms. The maximum absolute atomic E-state index is 5.87. The molecule has 1 aromatic rings. The Morgan fingerprint density at radius 1 is 1.47 bits per heavy atom. The van der Waals surface area contributed by atoms with Crippen LogP contribution in [0.5, 0.6) is 0 Å². The normalized spacial score (nSPS) is 26.8. The fourth-order valence-electron chi connectivity index (χ4n) is 2.13. The molecule has 84 valence electrons. The standard InChI is InChI=1S/C11H20N4/c1-15-8-13-6-11(15)7-14-10-4-2-9(12)3-5-10/h6,8-10,14H,2-5,7,12H2,1H3. The summed E-state index contributed by atoms with van der Waals surface area (Å²) in [5, 5.41) is 3.57. The van der Waals surface area contributed by atoms with Crippen molar-refractivity contribution in [3.8, 4) is 0 Å². The van der Waals surface area contributed by atoms with Gasteiger partial charge < -0.3 is 15.6 Å². The highest BCUT2D eigenvalue weighted by Crippen LogP contribution is 2.17. The molecule has 1 fully saturated rings. The van der Waals surface area contributed by atoms with Crippen LogP contribution >= 0.6 is 0 Å². The Balaban J connectivity index is 1.77. The fourth-order valence-corrected chi connectivity index (χ4v) is 2.13. The third kappa shape index (κ3) is 2.79. The first-order valence-electron chi connectivity index (χ1n) is 5.70. The van der Waals surface area contributed by atoms with Crippen molar-refractivity contribution in [1.29, 1.82) is 0 Å². The summed E-state index contributed by atoms with van der Waals surface area (Å²) in [4.78, 5) is 4.10. The van der Waals surface area contributed by atoms with Crippen molar-refractivity contribution in [1.82, 2.24) is 14.9 Å². The molecular formula is C11H20N4. The molecule has 0 unspecified atom stereocenters. The molecule has 0 radical (unpaired) electrons. The summed E-state index contributed by atoms with van der Waals surface area (Å²) in [5.74, 6) is 0. The third-order valence-electron chi connectivity index (χ3n) is 3.26. The van der Waals surface area contributed by atoms with Gasteiger partial charge in [0.1, 0.15) is 0 Å². The molecule has 1 aliphatic rings. The van der Waals surface area contributed by atoms with Crippen LogP contribution in [0.3, 0.4) is 0 Å². The monoisotopic (exact) mass is 208 g/mol. The highest BCUT2D eigenvalue weighted by molar-refractivity contribution is 4.97. The lowest BCUT2D eigenvalue weighted by Gasteiger charge is -2.26. The van der Waals surface area contributed by atoms with E-state index < -0.39 is 0 Å². The minimum absolute atomic E-state index is 0.430. The molecule has 4 heteroatoms. The Kier molecular flexibility index (Phi) is 3.38. The molecule has 0 saturated heterocycles. The number of hydrogen-bond acceptors (Lipinski definition) is 3. The van der Waals surface area contributed by atoms with Gasteiger partial charge in [-0.25, -0.2) is 4.98 Å². The van der Waals surface area contributed by atoms with Crippen LogP contribution in [-0.2, 0) is 13.6 Å². The van der Waals surface area contributed by atoms with Crippen LogP contribution in [0, 0.1) is 0 Å². The van der Waals surface area contributed by atoms with E-state index in [1.54, 1.807) is 0 Å². The van der Waals surface area contributed by atoms with E-state index in [1.165, 1.54) is 18.5 Å². The van der Waals surface area contributed by atoms with Crippen molar-refractivity contribution in [3.63, 3.8) is 0 Å². The van der Waals surface area contributed by atoms with E-state index in [2.05, 4.69) is 14.9 Å². The van der Waals surface area contributed by atoms with Gasteiger partial charge >= 0.3 is 0 Å². The summed E-state index contributed by atoms with van der Waals surface area (Å²) in [7, 11) is 2.03. The maximum atomic E-state index is 5.87. The Morgan fingerprint density at radius 2 is 2.20 bits per heavy atom. The molecule has 0 spiro atoms. The Bertz CT molecular complexity index is 299. The van der Waals surface area contributed by atoms with Crippen LogP contribution in [0.2, 0.25) is 0 Å². The second kappa shape index (κ2) is 4.77. The molecule has 1 aromatic heterocycles. The number of imidazole rings is 1. The summed E-state index contributed by atoms with van der Waals surface area (Å²) >= 11 is 0. The lowest BCUT2D eigenvalue weighted by Crippen LogP contribution is -2.37. The largest absolute Gasteiger partial charge is 0.337 e. The van der Waals surface area contributed by atoms with E-state index in [0.29, 0.717) is 12.1 Å². The van der Waals surface area contributed by atoms with Gasteiger partial charge in [0, 0.05) is 31.9 Å². The van der Waals surface area contributed by atoms with Crippen LogP contribution < -0.4 is 11.1 Å². The number of rotatable bonds is 3. The van der Waals surface area contributed by atoms with Gasteiger partial charge in [0.2, 0.25) is 0 Å². The number of nitrogens with two attached hydrogens (primary N) is 1. The zero-order chi connectivity index (χ0) is 10.7. The summed E-state index contributed by atoms with van der Waals surface area (Å²) in [5.41, 5.74) is 7.11. The third-order valence-corrected chi connectivity index (χ3v) is 3.26. The Labute approximate surface area is 90.9 Å². The van der Waals surface area contributed by atoms with Crippen LogP contribution in [0.4, 0.5) is 0 Å². The lowest BCUT2D eigenvalue weighted by atomic mass is 9.92. The highest BCUT2D eigenvalue weighted by Gasteiger charge is 2.17. The molecular weight excluding hydrogens is 188 g/mol. The number of nitrogens with zero attached hydrogens (tertiary/aromatic N) is 2. The molecule has 3 N–H and O–H groups in total. The Hall–Kier alpha value is -0.870. The maximum Gasteiger partial charge on any atom is 0.0945 e. The minimum Gasteiger partial charge on any atom is -0.337 e. The van der Waals surface area contributed by atoms with Gasteiger partial charge in [0.05, 0.1) is 12.0 Å². The zero-order valence-corrected chi connectivity index (χ0v) is 9.32. The first-order chi connectivity index (χ1) is 7.25. The molecule has 2 rings (SSSR count). The van der Waals surface area contributed by atoms with Gasteiger partial charge in [-0.3, -0.25) is 0 Å². The van der Waals surface area contributed by atoms with Gasteiger partial charge in [0.25, 0.3) is 0 Å². The van der Waals surface area contributed by atoms with Crippen molar-refractivity contribution in [2.24, 2.45) is 12.8 Å². The number of hydrogen-bond donors (Lipinski definition) is 2. The molecule has 0 aromatic carbocycles. The summed E-state index contributed by atoms with van der Waals surface area (Å²) < 4.78 is 2.06. The van der Waals surface area contributed by atoms with Gasteiger partial charge in [0.15, 0.2) is 0 Å². The van der Waals surface area contributed by atoms with Gasteiger partial charge in [-0.15, -0.1) is 0 Å². The second-order valence-corrected chi connectivity index (χ2v) is 4.49. The van der Waals surface area contributed by atoms with Gasteiger partial charge in [-0.2, -0.15) is 0 Å². The molecule has 0 amide bonds. The number of nitrogens with one attached hydrogen (secondary N) is 1. The van der Waals surface area contributed by atoms with Crippen molar-refractivity contribution >= 4 is 0 Å². The topological polar surface area (TPSA) is 55.9 Å². The molecule has 4 nitrogen and oxygen atoms in total. The van der Waals surface area contributed by atoms with Crippen molar-refractivity contribution in [2.45, 2.75) is 44.3 Å². The Morgan fingerprint density at radius 3 is 2.80 bits per heavy atom. The lowest BCUT2D eigenvalue weighted by molar-refractivity contribution is 0.340. The molecule has 1 heterocycles. The summed E-state index contributed by atoms with van der Waals surface area (Å²) in [6.07, 6.45) is 8.49. The zero-order valence-electron chi connectivity index (χ0n) is 9.32. The smallest absolute Gasteiger partial charge is 0.0945 e. The minimum atomic E-state index is 0.430. The van der Waals surface area contributed by atoms with Crippen molar-refractivity contribution in [3.05, 3.63) is 18.2 Å². The fraction of sp³-hybridized carbons (Fsp3) is 0.727. The van der Waals surface area contributed by atoms with Crippen LogP contribution in [-0.4, -0.2) is 21.6 Å². The van der Waals surface area contributed by atoms with E-state index >= 15 is 0 Å². The average Bonchev–Trinajstić information content (AvgIpc) is 2.63. The second-order valence-electron chi connectivity index (χ2n) is 4.49.